The first-order chi connectivity index (χ1) is 8.40. The topological polar surface area (TPSA) is 52.0 Å². The Labute approximate surface area is 102 Å². The number of rotatable bonds is 7. The zero-order valence-corrected chi connectivity index (χ0v) is 10.1. The van der Waals surface area contributed by atoms with Crippen LogP contribution in [-0.2, 0) is 17.8 Å². The smallest absolute Gasteiger partial charge is 0.0964 e. The molecule has 0 spiro atoms. The molecule has 0 radical (unpaired) electrons. The molecule has 0 bridgehead atoms. The van der Waals surface area contributed by atoms with Crippen molar-refractivity contribution in [3.8, 4) is 0 Å². The van der Waals surface area contributed by atoms with Gasteiger partial charge in [0, 0.05) is 18.8 Å². The highest BCUT2D eigenvalue weighted by Crippen LogP contribution is 2.21. The van der Waals surface area contributed by atoms with Crippen molar-refractivity contribution in [3.63, 3.8) is 0 Å². The third-order valence-corrected chi connectivity index (χ3v) is 3.46. The van der Waals surface area contributed by atoms with Crippen molar-refractivity contribution < 1.29 is 4.74 Å². The Hall–Kier alpha value is -0.940. The molecule has 3 rings (SSSR count). The molecular weight excluding hydrogens is 216 g/mol. The lowest BCUT2D eigenvalue weighted by atomic mass is 9.96. The molecule has 17 heavy (non-hydrogen) atoms. The summed E-state index contributed by atoms with van der Waals surface area (Å²) in [5.41, 5.74) is 1.03. The lowest BCUT2D eigenvalue weighted by Gasteiger charge is -2.25. The summed E-state index contributed by atoms with van der Waals surface area (Å²) >= 11 is 0. The third-order valence-electron chi connectivity index (χ3n) is 3.46. The fraction of sp³-hybridized carbons (Fsp3) is 0.833. The average Bonchev–Trinajstić information content (AvgIpc) is 2.99. The van der Waals surface area contributed by atoms with Crippen LogP contribution in [-0.4, -0.2) is 33.7 Å². The molecule has 2 aliphatic rings. The first-order valence-electron chi connectivity index (χ1n) is 6.64. The van der Waals surface area contributed by atoms with Crippen molar-refractivity contribution in [2.75, 3.05) is 6.61 Å². The Morgan fingerprint density at radius 3 is 2.94 bits per heavy atom. The van der Waals surface area contributed by atoms with Gasteiger partial charge in [-0.15, -0.1) is 5.10 Å². The molecule has 0 atom stereocenters. The summed E-state index contributed by atoms with van der Waals surface area (Å²) in [5, 5.41) is 11.7. The van der Waals surface area contributed by atoms with E-state index in [4.69, 9.17) is 4.74 Å². The summed E-state index contributed by atoms with van der Waals surface area (Å²) in [6, 6.07) is 0.724. The zero-order chi connectivity index (χ0) is 11.5. The molecule has 0 unspecified atom stereocenters. The molecule has 2 saturated carbocycles. The molecule has 1 aromatic heterocycles. The number of hydrogen-bond donors (Lipinski definition) is 1. The minimum atomic E-state index is 0.509. The second kappa shape index (κ2) is 5.14. The monoisotopic (exact) mass is 236 g/mol. The molecule has 1 aromatic rings. The largest absolute Gasteiger partial charge is 0.376 e. The minimum Gasteiger partial charge on any atom is -0.376 e. The van der Waals surface area contributed by atoms with E-state index in [1.165, 1.54) is 32.1 Å². The SMILES string of the molecule is c1c(CNC2CC2)nnn1CCOC1CCC1. The van der Waals surface area contributed by atoms with Crippen molar-refractivity contribution in [2.24, 2.45) is 0 Å². The number of nitrogens with one attached hydrogen (secondary N) is 1. The maximum Gasteiger partial charge on any atom is 0.0964 e. The van der Waals surface area contributed by atoms with Gasteiger partial charge < -0.3 is 10.1 Å². The van der Waals surface area contributed by atoms with E-state index in [0.29, 0.717) is 6.10 Å². The highest BCUT2D eigenvalue weighted by atomic mass is 16.5. The molecule has 0 saturated heterocycles. The minimum absolute atomic E-state index is 0.509. The van der Waals surface area contributed by atoms with Crippen molar-refractivity contribution in [1.29, 1.82) is 0 Å². The van der Waals surface area contributed by atoms with Gasteiger partial charge >= 0.3 is 0 Å². The number of ether oxygens (including phenoxy) is 1. The molecule has 94 valence electrons. The zero-order valence-electron chi connectivity index (χ0n) is 10.1. The highest BCUT2D eigenvalue weighted by molar-refractivity contribution is 4.94. The molecular formula is C12H20N4O. The fourth-order valence-corrected chi connectivity index (χ4v) is 1.92. The Kier molecular flexibility index (Phi) is 3.38. The summed E-state index contributed by atoms with van der Waals surface area (Å²) in [6.07, 6.45) is 8.92. The standard InChI is InChI=1S/C12H20N4O/c1-2-12(3-1)17-7-6-16-9-11(14-15-16)8-13-10-4-5-10/h9-10,12-13H,1-8H2. The van der Waals surface area contributed by atoms with Gasteiger partial charge in [-0.05, 0) is 32.1 Å². The van der Waals surface area contributed by atoms with Gasteiger partial charge in [0.15, 0.2) is 0 Å². The maximum absolute atomic E-state index is 5.70. The van der Waals surface area contributed by atoms with Gasteiger partial charge in [0.2, 0.25) is 0 Å². The molecule has 5 heteroatoms. The van der Waals surface area contributed by atoms with Crippen LogP contribution in [0.2, 0.25) is 0 Å². The van der Waals surface area contributed by atoms with Gasteiger partial charge in [0.1, 0.15) is 0 Å². The number of aromatic nitrogens is 3. The summed E-state index contributed by atoms with van der Waals surface area (Å²) in [7, 11) is 0. The van der Waals surface area contributed by atoms with Gasteiger partial charge in [0.25, 0.3) is 0 Å². The van der Waals surface area contributed by atoms with Gasteiger partial charge in [0.05, 0.1) is 24.9 Å². The first kappa shape index (κ1) is 11.2. The van der Waals surface area contributed by atoms with Crippen LogP contribution in [0.1, 0.15) is 37.8 Å². The van der Waals surface area contributed by atoms with E-state index in [1.807, 2.05) is 10.9 Å². The molecule has 0 aliphatic heterocycles. The van der Waals surface area contributed by atoms with Crippen LogP contribution in [0.3, 0.4) is 0 Å². The van der Waals surface area contributed by atoms with Crippen LogP contribution in [0.5, 0.6) is 0 Å². The van der Waals surface area contributed by atoms with Crippen molar-refractivity contribution >= 4 is 0 Å². The van der Waals surface area contributed by atoms with Crippen molar-refractivity contribution in [2.45, 2.75) is 57.3 Å². The third kappa shape index (κ3) is 3.26. The van der Waals surface area contributed by atoms with Crippen molar-refractivity contribution in [1.82, 2.24) is 20.3 Å². The molecule has 0 amide bonds. The molecule has 0 aromatic carbocycles. The van der Waals surface area contributed by atoms with E-state index < -0.39 is 0 Å². The number of hydrogen-bond acceptors (Lipinski definition) is 4. The van der Waals surface area contributed by atoms with Crippen LogP contribution in [0, 0.1) is 0 Å². The summed E-state index contributed by atoms with van der Waals surface area (Å²) in [6.45, 7) is 2.41. The number of nitrogens with zero attached hydrogens (tertiary/aromatic N) is 3. The van der Waals surface area contributed by atoms with Crippen LogP contribution in [0.15, 0.2) is 6.20 Å². The van der Waals surface area contributed by atoms with Gasteiger partial charge in [-0.25, -0.2) is 4.68 Å². The molecule has 2 fully saturated rings. The second-order valence-electron chi connectivity index (χ2n) is 5.05. The van der Waals surface area contributed by atoms with Gasteiger partial charge in [-0.1, -0.05) is 5.21 Å². The predicted octanol–water partition coefficient (Wildman–Crippen LogP) is 1.10. The molecule has 1 N–H and O–H groups in total. The summed E-state index contributed by atoms with van der Waals surface area (Å²) in [4.78, 5) is 0. The lowest BCUT2D eigenvalue weighted by Crippen LogP contribution is -2.23. The predicted molar refractivity (Wildman–Crippen MR) is 63.5 cm³/mol. The summed E-state index contributed by atoms with van der Waals surface area (Å²) < 4.78 is 7.57. The van der Waals surface area contributed by atoms with E-state index in [0.717, 1.165) is 31.4 Å². The van der Waals surface area contributed by atoms with E-state index >= 15 is 0 Å². The maximum atomic E-state index is 5.70. The quantitative estimate of drug-likeness (QED) is 0.770. The normalized spacial score (nSPS) is 20.5. The summed E-state index contributed by atoms with van der Waals surface area (Å²) in [5.74, 6) is 0. The van der Waals surface area contributed by atoms with Crippen LogP contribution < -0.4 is 5.32 Å². The van der Waals surface area contributed by atoms with E-state index in [2.05, 4.69) is 15.6 Å². The van der Waals surface area contributed by atoms with Crippen LogP contribution in [0.4, 0.5) is 0 Å². The van der Waals surface area contributed by atoms with Crippen LogP contribution >= 0.6 is 0 Å². The average molecular weight is 236 g/mol. The first-order valence-corrected chi connectivity index (χ1v) is 6.64. The lowest BCUT2D eigenvalue weighted by molar-refractivity contribution is -0.00249. The van der Waals surface area contributed by atoms with E-state index in [-0.39, 0.29) is 0 Å². The Morgan fingerprint density at radius 2 is 2.24 bits per heavy atom. The molecule has 1 heterocycles. The fourth-order valence-electron chi connectivity index (χ4n) is 1.92. The van der Waals surface area contributed by atoms with Gasteiger partial charge in [-0.3, -0.25) is 0 Å². The molecule has 2 aliphatic carbocycles. The van der Waals surface area contributed by atoms with E-state index in [1.54, 1.807) is 0 Å². The van der Waals surface area contributed by atoms with Crippen molar-refractivity contribution in [3.05, 3.63) is 11.9 Å². The Bertz CT molecular complexity index is 357. The molecule has 5 nitrogen and oxygen atoms in total. The second-order valence-corrected chi connectivity index (χ2v) is 5.05. The van der Waals surface area contributed by atoms with E-state index in [9.17, 15) is 0 Å². The Balaban J connectivity index is 1.36. The highest BCUT2D eigenvalue weighted by Gasteiger charge is 2.20. The Morgan fingerprint density at radius 1 is 1.35 bits per heavy atom. The van der Waals surface area contributed by atoms with Crippen LogP contribution in [0.25, 0.3) is 0 Å². The van der Waals surface area contributed by atoms with Gasteiger partial charge in [-0.2, -0.15) is 0 Å².